The van der Waals surface area contributed by atoms with Gasteiger partial charge in [0.15, 0.2) is 5.82 Å². The molecule has 1 aliphatic carbocycles. The first kappa shape index (κ1) is 34.9. The van der Waals surface area contributed by atoms with Crippen LogP contribution in [0, 0.1) is 23.1 Å². The minimum absolute atomic E-state index is 0.0328. The number of halogens is 3. The van der Waals surface area contributed by atoms with Crippen molar-refractivity contribution in [1.29, 1.82) is 5.26 Å². The van der Waals surface area contributed by atoms with E-state index in [2.05, 4.69) is 11.1 Å². The lowest BCUT2D eigenvalue weighted by molar-refractivity contribution is 0.0217. The number of nitrogens with two attached hydrogens (primary N) is 1. The van der Waals surface area contributed by atoms with E-state index in [9.17, 15) is 14.9 Å². The number of anilines is 2. The maximum atomic E-state index is 17.0. The van der Waals surface area contributed by atoms with E-state index in [0.717, 1.165) is 0 Å². The Bertz CT molecular complexity index is 1800. The molecule has 3 atom stereocenters. The summed E-state index contributed by atoms with van der Waals surface area (Å²) in [6.07, 6.45) is 1.53. The molecule has 1 saturated carbocycles. The Morgan fingerprint density at radius 1 is 1.19 bits per heavy atom. The highest BCUT2D eigenvalue weighted by Gasteiger charge is 2.59. The normalized spacial score (nSPS) is 18.9. The third kappa shape index (κ3) is 6.65. The summed E-state index contributed by atoms with van der Waals surface area (Å²) in [7, 11) is 0. The average molecular weight is 703 g/mol. The van der Waals surface area contributed by atoms with E-state index in [4.69, 9.17) is 38.4 Å². The number of fused-ring (bicyclic) bond motifs is 2. The first-order valence-corrected chi connectivity index (χ1v) is 17.3. The van der Waals surface area contributed by atoms with E-state index >= 15 is 4.39 Å². The molecule has 0 spiro atoms. The van der Waals surface area contributed by atoms with Crippen LogP contribution in [0.4, 0.5) is 25.4 Å². The van der Waals surface area contributed by atoms with Crippen LogP contribution >= 0.6 is 35.0 Å². The SMILES string of the molecule is CSc1nc2c(F)c(-c3cccc(Cl)c3Cl)c(CCC#N)cc2c(N(C(=O)OC(C)(C)C)C2[C@@H]3C[C@H]2N(C(=O)OC(C)(C)C)C3)c1N. The molecule has 3 heterocycles. The third-order valence-electron chi connectivity index (χ3n) is 8.21. The van der Waals surface area contributed by atoms with Gasteiger partial charge in [0, 0.05) is 35.4 Å². The molecule has 3 aliphatic rings. The molecule has 13 heteroatoms. The van der Waals surface area contributed by atoms with Crippen molar-refractivity contribution < 1.29 is 23.5 Å². The highest BCUT2D eigenvalue weighted by Crippen LogP contribution is 2.51. The second kappa shape index (κ2) is 12.9. The molecule has 47 heavy (non-hydrogen) atoms. The van der Waals surface area contributed by atoms with Gasteiger partial charge in [0.2, 0.25) is 0 Å². The van der Waals surface area contributed by atoms with Crippen LogP contribution < -0.4 is 10.6 Å². The van der Waals surface area contributed by atoms with Crippen molar-refractivity contribution in [2.75, 3.05) is 23.4 Å². The molecule has 250 valence electrons. The number of aryl methyl sites for hydroxylation is 1. The molecule has 6 rings (SSSR count). The summed E-state index contributed by atoms with van der Waals surface area (Å²) < 4.78 is 28.6. The molecule has 2 aliphatic heterocycles. The van der Waals surface area contributed by atoms with Gasteiger partial charge in [-0.25, -0.2) is 19.0 Å². The van der Waals surface area contributed by atoms with Crippen LogP contribution in [-0.2, 0) is 15.9 Å². The molecule has 2 saturated heterocycles. The van der Waals surface area contributed by atoms with Gasteiger partial charge in [-0.1, -0.05) is 35.3 Å². The largest absolute Gasteiger partial charge is 0.444 e. The highest BCUT2D eigenvalue weighted by atomic mass is 35.5. The fourth-order valence-corrected chi connectivity index (χ4v) is 7.25. The number of carbonyl (C=O) groups excluding carboxylic acids is 2. The summed E-state index contributed by atoms with van der Waals surface area (Å²) in [5.74, 6) is -0.792. The molecular weight excluding hydrogens is 664 g/mol. The number of amides is 2. The zero-order valence-corrected chi connectivity index (χ0v) is 29.7. The molecule has 1 aromatic heterocycles. The maximum absolute atomic E-state index is 17.0. The summed E-state index contributed by atoms with van der Waals surface area (Å²) in [5.41, 5.74) is 6.60. The molecule has 3 fully saturated rings. The minimum atomic E-state index is -0.872. The number of aromatic nitrogens is 1. The van der Waals surface area contributed by atoms with Crippen molar-refractivity contribution in [3.8, 4) is 17.2 Å². The number of pyridine rings is 1. The van der Waals surface area contributed by atoms with Crippen LogP contribution in [0.15, 0.2) is 29.3 Å². The fourth-order valence-electron chi connectivity index (χ4n) is 6.36. The molecule has 2 bridgehead atoms. The monoisotopic (exact) mass is 701 g/mol. The van der Waals surface area contributed by atoms with Gasteiger partial charge in [-0.2, -0.15) is 5.26 Å². The maximum Gasteiger partial charge on any atom is 0.415 e. The molecule has 1 unspecified atom stereocenters. The second-order valence-corrected chi connectivity index (χ2v) is 15.4. The summed E-state index contributed by atoms with van der Waals surface area (Å²) in [5, 5.41) is 10.5. The van der Waals surface area contributed by atoms with Crippen LogP contribution in [0.25, 0.3) is 22.0 Å². The smallest absolute Gasteiger partial charge is 0.415 e. The number of rotatable bonds is 6. The fraction of sp³-hybridized carbons (Fsp3) is 0.471. The molecule has 2 aromatic carbocycles. The Kier molecular flexibility index (Phi) is 9.54. The third-order valence-corrected chi connectivity index (χ3v) is 9.72. The number of carbonyl (C=O) groups is 2. The van der Waals surface area contributed by atoms with Gasteiger partial charge >= 0.3 is 12.2 Å². The van der Waals surface area contributed by atoms with Crippen molar-refractivity contribution in [1.82, 2.24) is 9.88 Å². The molecule has 0 radical (unpaired) electrons. The Labute approximate surface area is 288 Å². The number of hydrogen-bond donors (Lipinski definition) is 1. The van der Waals surface area contributed by atoms with Crippen molar-refractivity contribution in [3.05, 3.63) is 45.7 Å². The van der Waals surface area contributed by atoms with Crippen molar-refractivity contribution in [3.63, 3.8) is 0 Å². The molecule has 9 nitrogen and oxygen atoms in total. The van der Waals surface area contributed by atoms with Crippen molar-refractivity contribution in [2.45, 2.75) is 89.1 Å². The van der Waals surface area contributed by atoms with E-state index < -0.39 is 35.2 Å². The standard InChI is InChI=1S/C34H38Cl2FN5O4S/c1-33(2,3)45-31(43)41-16-18-15-22(41)28(18)42(32(44)46-34(4,5)6)29-20-14-17(10-9-13-38)23(19-11-8-12-21(35)24(19)36)25(37)27(20)40-30(47-7)26(29)39/h8,11-12,14,18,22,28H,9-10,15-16,39H2,1-7H3/t18-,22-,28?/m1/s1. The lowest BCUT2D eigenvalue weighted by Crippen LogP contribution is -2.59. The Hall–Kier alpha value is -3.46. The average Bonchev–Trinajstić information content (AvgIpc) is 3.56. The predicted molar refractivity (Wildman–Crippen MR) is 185 cm³/mol. The Morgan fingerprint density at radius 3 is 2.49 bits per heavy atom. The van der Waals surface area contributed by atoms with Gasteiger partial charge in [-0.3, -0.25) is 4.90 Å². The number of nitriles is 1. The summed E-state index contributed by atoms with van der Waals surface area (Å²) >= 11 is 14.1. The summed E-state index contributed by atoms with van der Waals surface area (Å²) in [6, 6.07) is 7.88. The van der Waals surface area contributed by atoms with Gasteiger partial charge in [-0.15, -0.1) is 11.8 Å². The summed E-state index contributed by atoms with van der Waals surface area (Å²) in [4.78, 5) is 35.2. The van der Waals surface area contributed by atoms with Gasteiger partial charge in [0.25, 0.3) is 0 Å². The number of benzene rings is 2. The van der Waals surface area contributed by atoms with Gasteiger partial charge in [-0.05, 0) is 78.3 Å². The van der Waals surface area contributed by atoms with Crippen molar-refractivity contribution in [2.24, 2.45) is 5.92 Å². The van der Waals surface area contributed by atoms with Gasteiger partial charge in [0.05, 0.1) is 39.6 Å². The summed E-state index contributed by atoms with van der Waals surface area (Å²) in [6.45, 7) is 11.0. The Morgan fingerprint density at radius 2 is 1.87 bits per heavy atom. The zero-order valence-electron chi connectivity index (χ0n) is 27.4. The van der Waals surface area contributed by atoms with E-state index in [0.29, 0.717) is 29.1 Å². The molecular formula is C34H38Cl2FN5O4S. The van der Waals surface area contributed by atoms with Crippen LogP contribution in [0.5, 0.6) is 0 Å². The first-order chi connectivity index (χ1) is 22.0. The lowest BCUT2D eigenvalue weighted by atomic mass is 9.78. The Balaban J connectivity index is 1.77. The zero-order chi connectivity index (χ0) is 34.6. The number of nitrogens with zero attached hydrogens (tertiary/aromatic N) is 4. The van der Waals surface area contributed by atoms with Gasteiger partial charge < -0.3 is 20.1 Å². The van der Waals surface area contributed by atoms with Crippen LogP contribution in [0.3, 0.4) is 0 Å². The minimum Gasteiger partial charge on any atom is -0.444 e. The highest BCUT2D eigenvalue weighted by molar-refractivity contribution is 7.98. The van der Waals surface area contributed by atoms with Crippen molar-refractivity contribution >= 4 is 69.4 Å². The molecule has 2 N–H and O–H groups in total. The quantitative estimate of drug-likeness (QED) is 0.253. The van der Waals surface area contributed by atoms with Gasteiger partial charge in [0.1, 0.15) is 21.7 Å². The van der Waals surface area contributed by atoms with E-state index in [1.54, 1.807) is 77.0 Å². The van der Waals surface area contributed by atoms with Crippen LogP contribution in [0.2, 0.25) is 10.0 Å². The van der Waals surface area contributed by atoms with Crippen LogP contribution in [0.1, 0.15) is 59.9 Å². The second-order valence-electron chi connectivity index (χ2n) is 13.8. The van der Waals surface area contributed by atoms with E-state index in [-0.39, 0.29) is 62.7 Å². The molecule has 3 aromatic rings. The van der Waals surface area contributed by atoms with E-state index in [1.165, 1.54) is 16.7 Å². The topological polar surface area (TPSA) is 122 Å². The lowest BCUT2D eigenvalue weighted by Gasteiger charge is -2.44. The number of hydrogen-bond acceptors (Lipinski definition) is 8. The van der Waals surface area contributed by atoms with E-state index in [1.807, 2.05) is 0 Å². The number of ether oxygens (including phenoxy) is 2. The predicted octanol–water partition coefficient (Wildman–Crippen LogP) is 8.86. The van der Waals surface area contributed by atoms with Crippen LogP contribution in [-0.4, -0.2) is 58.2 Å². The first-order valence-electron chi connectivity index (χ1n) is 15.3. The number of thioether (sulfide) groups is 1. The number of nitrogen functional groups attached to an aromatic ring is 1. The molecule has 2 amide bonds.